The second kappa shape index (κ2) is 6.20. The molecule has 0 bridgehead atoms. The Morgan fingerprint density at radius 3 is 2.35 bits per heavy atom. The van der Waals surface area contributed by atoms with Crippen molar-refractivity contribution in [1.82, 2.24) is 0 Å². The molecule has 5 nitrogen and oxygen atoms in total. The van der Waals surface area contributed by atoms with Crippen LogP contribution in [-0.2, 0) is 4.79 Å². The van der Waals surface area contributed by atoms with Crippen LogP contribution in [0.15, 0.2) is 41.2 Å². The van der Waals surface area contributed by atoms with Crippen LogP contribution >= 0.6 is 0 Å². The average Bonchev–Trinajstić information content (AvgIpc) is 2.47. The zero-order chi connectivity index (χ0) is 17.3. The molecule has 0 saturated carbocycles. The monoisotopic (exact) mass is 314 g/mol. The molecular weight excluding hydrogens is 296 g/mol. The molecule has 0 amide bonds. The fraction of sp³-hybridized carbons (Fsp3) is 0.278. The first-order valence-corrected chi connectivity index (χ1v) is 7.24. The minimum Gasteiger partial charge on any atom is -0.507 e. The lowest BCUT2D eigenvalue weighted by Crippen LogP contribution is -2.29. The molecule has 0 saturated heterocycles. The number of ketones is 3. The predicted octanol–water partition coefficient (Wildman–Crippen LogP) is 3.14. The lowest BCUT2D eigenvalue weighted by molar-refractivity contribution is -0.119. The molecule has 1 aromatic carbocycles. The van der Waals surface area contributed by atoms with Crippen LogP contribution in [0.5, 0.6) is 5.75 Å². The van der Waals surface area contributed by atoms with Gasteiger partial charge in [-0.1, -0.05) is 23.8 Å². The van der Waals surface area contributed by atoms with Crippen molar-refractivity contribution < 1.29 is 24.6 Å². The van der Waals surface area contributed by atoms with Gasteiger partial charge in [-0.25, -0.2) is 0 Å². The van der Waals surface area contributed by atoms with Crippen molar-refractivity contribution in [2.75, 3.05) is 0 Å². The van der Waals surface area contributed by atoms with E-state index in [0.29, 0.717) is 0 Å². The molecule has 120 valence electrons. The van der Waals surface area contributed by atoms with E-state index in [4.69, 9.17) is 0 Å². The van der Waals surface area contributed by atoms with Gasteiger partial charge in [-0.15, -0.1) is 0 Å². The van der Waals surface area contributed by atoms with Gasteiger partial charge in [0.2, 0.25) is 5.78 Å². The summed E-state index contributed by atoms with van der Waals surface area (Å²) in [7, 11) is 0. The van der Waals surface area contributed by atoms with Crippen molar-refractivity contribution in [2.24, 2.45) is 5.92 Å². The number of fused-ring (bicyclic) bond motifs is 1. The van der Waals surface area contributed by atoms with Crippen LogP contribution in [0.4, 0.5) is 0 Å². The summed E-state index contributed by atoms with van der Waals surface area (Å²) in [6.45, 7) is 5.03. The third kappa shape index (κ3) is 2.95. The van der Waals surface area contributed by atoms with Crippen molar-refractivity contribution in [3.8, 4) is 5.75 Å². The SMILES string of the molecule is CC(=O)C(CC=C(C)C)C1=C(O)C(=O)c2c(O)cccc2C1=O. The summed E-state index contributed by atoms with van der Waals surface area (Å²) >= 11 is 0. The van der Waals surface area contributed by atoms with Crippen molar-refractivity contribution in [2.45, 2.75) is 27.2 Å². The number of aliphatic hydroxyl groups excluding tert-OH is 1. The quantitative estimate of drug-likeness (QED) is 0.833. The predicted molar refractivity (Wildman–Crippen MR) is 84.6 cm³/mol. The van der Waals surface area contributed by atoms with Crippen LogP contribution in [0.2, 0.25) is 0 Å². The van der Waals surface area contributed by atoms with Crippen molar-refractivity contribution >= 4 is 17.3 Å². The highest BCUT2D eigenvalue weighted by Crippen LogP contribution is 2.35. The summed E-state index contributed by atoms with van der Waals surface area (Å²) in [5, 5.41) is 20.0. The number of aliphatic hydroxyl groups is 1. The number of carbonyl (C=O) groups excluding carboxylic acids is 3. The van der Waals surface area contributed by atoms with Crippen molar-refractivity contribution in [3.05, 3.63) is 52.3 Å². The third-order valence-corrected chi connectivity index (χ3v) is 3.83. The van der Waals surface area contributed by atoms with Crippen LogP contribution in [0.3, 0.4) is 0 Å². The van der Waals surface area contributed by atoms with E-state index >= 15 is 0 Å². The molecule has 5 heteroatoms. The van der Waals surface area contributed by atoms with E-state index in [0.717, 1.165) is 5.57 Å². The molecule has 0 aromatic heterocycles. The molecule has 0 fully saturated rings. The first-order valence-electron chi connectivity index (χ1n) is 7.24. The number of benzene rings is 1. The van der Waals surface area contributed by atoms with Crippen molar-refractivity contribution in [3.63, 3.8) is 0 Å². The number of rotatable bonds is 4. The van der Waals surface area contributed by atoms with Gasteiger partial charge in [0, 0.05) is 5.56 Å². The van der Waals surface area contributed by atoms with Gasteiger partial charge >= 0.3 is 0 Å². The maximum Gasteiger partial charge on any atom is 0.232 e. The number of carbonyl (C=O) groups is 3. The van der Waals surface area contributed by atoms with Gasteiger partial charge in [-0.2, -0.15) is 0 Å². The van der Waals surface area contributed by atoms with E-state index in [1.165, 1.54) is 25.1 Å². The van der Waals surface area contributed by atoms with Gasteiger partial charge in [0.25, 0.3) is 0 Å². The number of allylic oxidation sites excluding steroid dienone is 4. The molecule has 0 heterocycles. The minimum atomic E-state index is -0.892. The Hall–Kier alpha value is -2.69. The van der Waals surface area contributed by atoms with E-state index in [9.17, 15) is 24.6 Å². The molecule has 0 aliphatic heterocycles. The lowest BCUT2D eigenvalue weighted by Gasteiger charge is -2.22. The number of phenols is 1. The van der Waals surface area contributed by atoms with Gasteiger partial charge in [-0.3, -0.25) is 14.4 Å². The maximum atomic E-state index is 12.7. The summed E-state index contributed by atoms with van der Waals surface area (Å²) in [6, 6.07) is 4.12. The molecule has 1 aliphatic rings. The van der Waals surface area contributed by atoms with E-state index in [1.54, 1.807) is 6.08 Å². The Labute approximate surface area is 133 Å². The normalized spacial score (nSPS) is 15.3. The second-order valence-electron chi connectivity index (χ2n) is 5.80. The van der Waals surface area contributed by atoms with Gasteiger partial charge in [0.15, 0.2) is 11.5 Å². The first kappa shape index (κ1) is 16.7. The standard InChI is InChI=1S/C18H18O5/c1-9(2)7-8-11(10(3)19)15-16(21)12-5-4-6-13(20)14(12)17(22)18(15)23/h4-7,11,20,23H,8H2,1-3H3. The number of phenolic OH excluding ortho intramolecular Hbond substituents is 1. The largest absolute Gasteiger partial charge is 0.507 e. The summed E-state index contributed by atoms with van der Waals surface area (Å²) < 4.78 is 0. The summed E-state index contributed by atoms with van der Waals surface area (Å²) in [4.78, 5) is 36.9. The molecule has 1 unspecified atom stereocenters. The molecular formula is C18H18O5. The second-order valence-corrected chi connectivity index (χ2v) is 5.80. The van der Waals surface area contributed by atoms with E-state index in [2.05, 4.69) is 0 Å². The van der Waals surface area contributed by atoms with Crippen LogP contribution < -0.4 is 0 Å². The molecule has 0 radical (unpaired) electrons. The average molecular weight is 314 g/mol. The molecule has 0 spiro atoms. The Morgan fingerprint density at radius 1 is 1.13 bits per heavy atom. The summed E-state index contributed by atoms with van der Waals surface area (Å²) in [5.41, 5.74) is 0.552. The van der Waals surface area contributed by atoms with Crippen molar-refractivity contribution in [1.29, 1.82) is 0 Å². The summed E-state index contributed by atoms with van der Waals surface area (Å²) in [5.74, 6) is -3.77. The molecule has 1 aromatic rings. The number of hydrogen-bond acceptors (Lipinski definition) is 5. The van der Waals surface area contributed by atoms with E-state index in [-0.39, 0.29) is 34.7 Å². The fourth-order valence-electron chi connectivity index (χ4n) is 2.63. The molecule has 2 N–H and O–H groups in total. The van der Waals surface area contributed by atoms with Gasteiger partial charge in [-0.05, 0) is 33.3 Å². The Balaban J connectivity index is 2.60. The third-order valence-electron chi connectivity index (χ3n) is 3.83. The van der Waals surface area contributed by atoms with Crippen LogP contribution in [0.25, 0.3) is 0 Å². The highest BCUT2D eigenvalue weighted by molar-refractivity contribution is 6.28. The van der Waals surface area contributed by atoms with Gasteiger partial charge in [0.1, 0.15) is 11.5 Å². The fourth-order valence-corrected chi connectivity index (χ4v) is 2.63. The zero-order valence-electron chi connectivity index (χ0n) is 13.2. The number of aromatic hydroxyl groups is 1. The van der Waals surface area contributed by atoms with Crippen LogP contribution in [-0.4, -0.2) is 27.6 Å². The highest BCUT2D eigenvalue weighted by atomic mass is 16.3. The lowest BCUT2D eigenvalue weighted by atomic mass is 9.79. The smallest absolute Gasteiger partial charge is 0.232 e. The Bertz CT molecular complexity index is 764. The topological polar surface area (TPSA) is 91.7 Å². The van der Waals surface area contributed by atoms with Crippen LogP contribution in [0.1, 0.15) is 47.9 Å². The Kier molecular flexibility index (Phi) is 4.50. The number of hydrogen-bond donors (Lipinski definition) is 2. The molecule has 1 aliphatic carbocycles. The van der Waals surface area contributed by atoms with Crippen LogP contribution in [0, 0.1) is 5.92 Å². The molecule has 1 atom stereocenters. The minimum absolute atomic E-state index is 0.00579. The zero-order valence-corrected chi connectivity index (χ0v) is 13.2. The van der Waals surface area contributed by atoms with Gasteiger partial charge < -0.3 is 10.2 Å². The Morgan fingerprint density at radius 2 is 1.78 bits per heavy atom. The summed E-state index contributed by atoms with van der Waals surface area (Å²) in [6.07, 6.45) is 2.01. The molecule has 2 rings (SSSR count). The molecule has 23 heavy (non-hydrogen) atoms. The highest BCUT2D eigenvalue weighted by Gasteiger charge is 2.38. The van der Waals surface area contributed by atoms with E-state index in [1.807, 2.05) is 13.8 Å². The van der Waals surface area contributed by atoms with Gasteiger partial charge in [0.05, 0.1) is 17.1 Å². The first-order chi connectivity index (χ1) is 10.8. The van der Waals surface area contributed by atoms with E-state index < -0.39 is 23.2 Å². The number of Topliss-reactive ketones (excluding diaryl/α,β-unsaturated/α-hetero) is 3. The maximum absolute atomic E-state index is 12.7.